The lowest BCUT2D eigenvalue weighted by molar-refractivity contribution is 0.0681. The van der Waals surface area contributed by atoms with Crippen LogP contribution in [0.1, 0.15) is 74.2 Å². The second-order valence-corrected chi connectivity index (χ2v) is 9.29. The van der Waals surface area contributed by atoms with Crippen LogP contribution < -0.4 is 5.56 Å². The Kier molecular flexibility index (Phi) is 8.32. The van der Waals surface area contributed by atoms with Crippen molar-refractivity contribution in [3.05, 3.63) is 106 Å². The molecule has 186 valence electrons. The first kappa shape index (κ1) is 25.4. The maximum atomic E-state index is 13.7. The van der Waals surface area contributed by atoms with Crippen LogP contribution in [0.5, 0.6) is 0 Å². The van der Waals surface area contributed by atoms with Gasteiger partial charge in [0.1, 0.15) is 5.82 Å². The average molecular weight is 482 g/mol. The van der Waals surface area contributed by atoms with Crippen LogP contribution in [-0.2, 0) is 6.42 Å². The highest BCUT2D eigenvalue weighted by molar-refractivity contribution is 5.94. The molecule has 4 aromatic rings. The maximum absolute atomic E-state index is 13.7. The monoisotopic (exact) mass is 481 g/mol. The van der Waals surface area contributed by atoms with E-state index in [2.05, 4.69) is 26.0 Å². The number of nitrogens with zero attached hydrogens (tertiary/aromatic N) is 3. The minimum atomic E-state index is -0.404. The van der Waals surface area contributed by atoms with E-state index < -0.39 is 6.04 Å². The lowest BCUT2D eigenvalue weighted by Crippen LogP contribution is -2.38. The molecule has 1 atom stereocenters. The van der Waals surface area contributed by atoms with E-state index >= 15 is 0 Å². The summed E-state index contributed by atoms with van der Waals surface area (Å²) in [6, 6.07) is 24.5. The van der Waals surface area contributed by atoms with Gasteiger partial charge in [-0.2, -0.15) is 0 Å². The zero-order chi connectivity index (χ0) is 25.5. The summed E-state index contributed by atoms with van der Waals surface area (Å²) >= 11 is 0. The molecule has 1 aromatic heterocycles. The van der Waals surface area contributed by atoms with Gasteiger partial charge in [0.2, 0.25) is 0 Å². The molecule has 0 N–H and O–H groups in total. The number of carbonyl (C=O) groups excluding carboxylic acids is 1. The molecule has 0 aliphatic rings. The quantitative estimate of drug-likeness (QED) is 0.236. The van der Waals surface area contributed by atoms with Crippen molar-refractivity contribution in [2.75, 3.05) is 6.54 Å². The second kappa shape index (κ2) is 11.8. The van der Waals surface area contributed by atoms with E-state index in [-0.39, 0.29) is 11.5 Å². The lowest BCUT2D eigenvalue weighted by atomic mass is 10.0. The van der Waals surface area contributed by atoms with E-state index in [9.17, 15) is 9.59 Å². The number of benzene rings is 3. The SMILES string of the molecule is CCCCCc1ccc(C(=O)N(CCC)C(C)c2nc3ccccc3c(=O)n2-c2ccccc2)cc1. The minimum Gasteiger partial charge on any atom is -0.329 e. The number of hydrogen-bond donors (Lipinski definition) is 0. The Balaban J connectivity index is 1.74. The van der Waals surface area contributed by atoms with Crippen molar-refractivity contribution in [2.24, 2.45) is 0 Å². The molecular formula is C31H35N3O2. The first-order valence-electron chi connectivity index (χ1n) is 13.0. The smallest absolute Gasteiger partial charge is 0.266 e. The van der Waals surface area contributed by atoms with Crippen LogP contribution >= 0.6 is 0 Å². The Bertz CT molecular complexity index is 1360. The van der Waals surface area contributed by atoms with Gasteiger partial charge in [-0.15, -0.1) is 0 Å². The van der Waals surface area contributed by atoms with Gasteiger partial charge in [-0.3, -0.25) is 14.2 Å². The molecule has 5 heteroatoms. The van der Waals surface area contributed by atoms with E-state index in [1.54, 1.807) is 10.6 Å². The molecule has 5 nitrogen and oxygen atoms in total. The summed E-state index contributed by atoms with van der Waals surface area (Å²) in [6.45, 7) is 6.78. The summed E-state index contributed by atoms with van der Waals surface area (Å²) in [4.78, 5) is 34.1. The van der Waals surface area contributed by atoms with Crippen molar-refractivity contribution in [3.8, 4) is 5.69 Å². The molecule has 0 fully saturated rings. The molecule has 0 saturated carbocycles. The first-order chi connectivity index (χ1) is 17.5. The first-order valence-corrected chi connectivity index (χ1v) is 13.0. The van der Waals surface area contributed by atoms with Gasteiger partial charge >= 0.3 is 0 Å². The number of carbonyl (C=O) groups is 1. The van der Waals surface area contributed by atoms with Gasteiger partial charge in [-0.05, 0) is 68.1 Å². The fraction of sp³-hybridized carbons (Fsp3) is 0.323. The standard InChI is InChI=1S/C31H35N3O2/c1-4-6-8-13-24-18-20-25(21-19-24)30(35)33(22-5-2)23(3)29-32-28-17-12-11-16-27(28)31(36)34(29)26-14-9-7-10-15-26/h7,9-12,14-21,23H,4-6,8,13,22H2,1-3H3. The van der Waals surface area contributed by atoms with Crippen LogP contribution in [0.3, 0.4) is 0 Å². The summed E-state index contributed by atoms with van der Waals surface area (Å²) in [5.41, 5.74) is 3.15. The average Bonchev–Trinajstić information content (AvgIpc) is 2.92. The topological polar surface area (TPSA) is 55.2 Å². The Hall–Kier alpha value is -3.73. The van der Waals surface area contributed by atoms with Gasteiger partial charge in [0.05, 0.1) is 22.6 Å². The molecule has 0 bridgehead atoms. The Labute approximate surface area is 213 Å². The van der Waals surface area contributed by atoms with Crippen molar-refractivity contribution in [1.82, 2.24) is 14.5 Å². The van der Waals surface area contributed by atoms with Crippen molar-refractivity contribution in [3.63, 3.8) is 0 Å². The van der Waals surface area contributed by atoms with Crippen LogP contribution in [0.2, 0.25) is 0 Å². The second-order valence-electron chi connectivity index (χ2n) is 9.29. The fourth-order valence-electron chi connectivity index (χ4n) is 4.67. The summed E-state index contributed by atoms with van der Waals surface area (Å²) < 4.78 is 1.65. The van der Waals surface area contributed by atoms with Crippen LogP contribution in [0.25, 0.3) is 16.6 Å². The number of para-hydroxylation sites is 2. The van der Waals surface area contributed by atoms with Crippen LogP contribution in [0, 0.1) is 0 Å². The molecule has 36 heavy (non-hydrogen) atoms. The van der Waals surface area contributed by atoms with Gasteiger partial charge in [-0.1, -0.05) is 69.2 Å². The highest BCUT2D eigenvalue weighted by atomic mass is 16.2. The zero-order valence-electron chi connectivity index (χ0n) is 21.5. The molecule has 1 unspecified atom stereocenters. The lowest BCUT2D eigenvalue weighted by Gasteiger charge is -2.30. The number of unbranched alkanes of at least 4 members (excludes halogenated alkanes) is 2. The normalized spacial score (nSPS) is 12.0. The third kappa shape index (κ3) is 5.40. The summed E-state index contributed by atoms with van der Waals surface area (Å²) in [6.07, 6.45) is 5.39. The fourth-order valence-corrected chi connectivity index (χ4v) is 4.67. The van der Waals surface area contributed by atoms with E-state index in [4.69, 9.17) is 4.98 Å². The number of amides is 1. The molecule has 4 rings (SSSR count). The highest BCUT2D eigenvalue weighted by Crippen LogP contribution is 2.25. The van der Waals surface area contributed by atoms with Crippen molar-refractivity contribution in [2.45, 2.75) is 58.9 Å². The Morgan fingerprint density at radius 3 is 2.28 bits per heavy atom. The molecular weight excluding hydrogens is 446 g/mol. The molecule has 3 aromatic carbocycles. The number of rotatable bonds is 10. The molecule has 1 amide bonds. The predicted molar refractivity (Wildman–Crippen MR) is 147 cm³/mol. The van der Waals surface area contributed by atoms with Gasteiger partial charge in [-0.25, -0.2) is 4.98 Å². The van der Waals surface area contributed by atoms with Crippen LogP contribution in [-0.4, -0.2) is 26.9 Å². The van der Waals surface area contributed by atoms with Crippen molar-refractivity contribution < 1.29 is 4.79 Å². The molecule has 1 heterocycles. The van der Waals surface area contributed by atoms with Crippen LogP contribution in [0.15, 0.2) is 83.7 Å². The molecule has 0 aliphatic carbocycles. The van der Waals surface area contributed by atoms with E-state index in [1.165, 1.54) is 18.4 Å². The van der Waals surface area contributed by atoms with Crippen molar-refractivity contribution >= 4 is 16.8 Å². The molecule has 0 aliphatic heterocycles. The number of aryl methyl sites for hydroxylation is 1. The summed E-state index contributed by atoms with van der Waals surface area (Å²) in [5, 5.41) is 0.560. The van der Waals surface area contributed by atoms with Gasteiger partial charge in [0.15, 0.2) is 0 Å². The number of fused-ring (bicyclic) bond motifs is 1. The van der Waals surface area contributed by atoms with Gasteiger partial charge < -0.3 is 4.90 Å². The largest absolute Gasteiger partial charge is 0.329 e. The minimum absolute atomic E-state index is 0.0496. The van der Waals surface area contributed by atoms with E-state index in [0.717, 1.165) is 24.9 Å². The zero-order valence-corrected chi connectivity index (χ0v) is 21.5. The Morgan fingerprint density at radius 2 is 1.58 bits per heavy atom. The molecule has 0 saturated heterocycles. The van der Waals surface area contributed by atoms with Gasteiger partial charge in [0.25, 0.3) is 11.5 Å². The van der Waals surface area contributed by atoms with Crippen molar-refractivity contribution in [1.29, 1.82) is 0 Å². The summed E-state index contributed by atoms with van der Waals surface area (Å²) in [5.74, 6) is 0.509. The third-order valence-corrected chi connectivity index (χ3v) is 6.65. The molecule has 0 spiro atoms. The van der Waals surface area contributed by atoms with Crippen LogP contribution in [0.4, 0.5) is 0 Å². The maximum Gasteiger partial charge on any atom is 0.266 e. The van der Waals surface area contributed by atoms with E-state index in [0.29, 0.717) is 28.8 Å². The third-order valence-electron chi connectivity index (χ3n) is 6.65. The molecule has 0 radical (unpaired) electrons. The van der Waals surface area contributed by atoms with E-state index in [1.807, 2.05) is 72.5 Å². The predicted octanol–water partition coefficient (Wildman–Crippen LogP) is 6.73. The van der Waals surface area contributed by atoms with Gasteiger partial charge in [0, 0.05) is 12.1 Å². The number of aromatic nitrogens is 2. The Morgan fingerprint density at radius 1 is 0.889 bits per heavy atom. The number of hydrogen-bond acceptors (Lipinski definition) is 3. The highest BCUT2D eigenvalue weighted by Gasteiger charge is 2.27. The summed E-state index contributed by atoms with van der Waals surface area (Å²) in [7, 11) is 0.